The number of piperidine rings is 1. The molecule has 5 aromatic rings. The number of carbonyl (C=O) groups excluding carboxylic acids is 1. The van der Waals surface area contributed by atoms with E-state index in [9.17, 15) is 30.6 Å². The molecule has 1 unspecified atom stereocenters. The van der Waals surface area contributed by atoms with E-state index < -0.39 is 113 Å². The van der Waals surface area contributed by atoms with E-state index in [-0.39, 0.29) is 44.3 Å². The van der Waals surface area contributed by atoms with E-state index in [1.807, 2.05) is 0 Å². The topological polar surface area (TPSA) is 54.8 Å². The number of nitrogens with zero attached hydrogens (tertiary/aromatic N) is 3. The summed E-state index contributed by atoms with van der Waals surface area (Å²) in [7, 11) is 0.952. The number of para-hydroxylation sites is 1. The first-order valence-corrected chi connectivity index (χ1v) is 16.6. The van der Waals surface area contributed by atoms with Gasteiger partial charge in [0, 0.05) is 71.8 Å². The second-order valence-electron chi connectivity index (χ2n) is 11.5. The number of methoxy groups -OCH3 is 1. The van der Waals surface area contributed by atoms with Gasteiger partial charge in [-0.1, -0.05) is 60.7 Å². The number of thioether (sulfide) groups is 1. The third-order valence-corrected chi connectivity index (χ3v) is 8.96. The molecule has 1 aliphatic rings. The SMILES string of the molecule is [2H]C([2H])(Sc1cc(=O)c2ccccc2n1CC(=O)N(C([2H])(C)c1ccc(-c2ccc(C(F)(F)F)cc2)cc1)C1([2H])C([2H])([2H])C([2H])([2H])N(C([2H])([2H])COC)C([2H])([2H])C1([2H])[2H])c1cccc(F)c1F. The summed E-state index contributed by atoms with van der Waals surface area (Å²) in [4.78, 5) is 28.5. The van der Waals surface area contributed by atoms with Gasteiger partial charge in [0.2, 0.25) is 5.91 Å². The van der Waals surface area contributed by atoms with Gasteiger partial charge in [0.05, 0.1) is 31.5 Å². The fourth-order valence-corrected chi connectivity index (χ4v) is 6.22. The first-order valence-electron chi connectivity index (χ1n) is 22.8. The van der Waals surface area contributed by atoms with Gasteiger partial charge >= 0.3 is 6.18 Å². The molecule has 53 heavy (non-hydrogen) atoms. The number of carbonyl (C=O) groups is 1. The van der Waals surface area contributed by atoms with Crippen LogP contribution in [-0.2, 0) is 28.0 Å². The summed E-state index contributed by atoms with van der Waals surface area (Å²) in [5.41, 5.74) is -5.53. The summed E-state index contributed by atoms with van der Waals surface area (Å²) >= 11 is 0.113. The Hall–Kier alpha value is -4.52. The molecular formula is C41H40F5N3O3S. The maximum absolute atomic E-state index is 15.4. The fourth-order valence-electron chi connectivity index (χ4n) is 5.41. The van der Waals surface area contributed by atoms with Crippen molar-refractivity contribution in [2.75, 3.05) is 33.2 Å². The lowest BCUT2D eigenvalue weighted by Crippen LogP contribution is -2.49. The average molecular weight is 764 g/mol. The molecule has 12 heteroatoms. The van der Waals surface area contributed by atoms with Gasteiger partial charge in [-0.25, -0.2) is 8.78 Å². The predicted octanol–water partition coefficient (Wildman–Crippen LogP) is 8.96. The summed E-state index contributed by atoms with van der Waals surface area (Å²) in [6.45, 7) is -13.1. The van der Waals surface area contributed by atoms with Crippen LogP contribution in [-0.4, -0.2) is 59.5 Å². The van der Waals surface area contributed by atoms with Crippen molar-refractivity contribution in [3.8, 4) is 11.1 Å². The van der Waals surface area contributed by atoms with Gasteiger partial charge in [-0.2, -0.15) is 13.2 Å². The monoisotopic (exact) mass is 763 g/mol. The van der Waals surface area contributed by atoms with Gasteiger partial charge in [0.25, 0.3) is 0 Å². The Labute approximate surface area is 328 Å². The Morgan fingerprint density at radius 3 is 2.34 bits per heavy atom. The minimum atomic E-state index is -4.66. The highest BCUT2D eigenvalue weighted by Gasteiger charge is 2.33. The van der Waals surface area contributed by atoms with Crippen molar-refractivity contribution in [2.24, 2.45) is 0 Å². The fraction of sp³-hybridized carbons (Fsp3) is 0.317. The smallest absolute Gasteiger partial charge is 0.383 e. The minimum absolute atomic E-state index is 0.0613. The van der Waals surface area contributed by atoms with Crippen LogP contribution in [0.25, 0.3) is 22.0 Å². The molecule has 278 valence electrons. The van der Waals surface area contributed by atoms with Crippen LogP contribution in [0, 0.1) is 11.6 Å². The number of amides is 1. The number of fused-ring (bicyclic) bond motifs is 1. The van der Waals surface area contributed by atoms with Gasteiger partial charge in [0.15, 0.2) is 17.1 Å². The standard InChI is InChI=1S/C41H40F5N3O3S/c1-27(28-10-12-29(13-11-28)30-14-16-32(17-15-30)41(44,45)46)49(33-18-20-47(21-19-33)22-23-52-2)38(51)25-48-36-9-4-3-7-34(36)37(50)24-39(48)53-26-31-6-5-8-35(42)40(31)43/h3-17,24,27,33H,18-23,25-26H2,1-2H3/i18D2,19D2,20D2,21D2,22D2,26D2,27D,33D. The normalized spacial score (nSPS) is 24.2. The highest BCUT2D eigenvalue weighted by molar-refractivity contribution is 7.98. The van der Waals surface area contributed by atoms with E-state index in [4.69, 9.17) is 15.7 Å². The second-order valence-corrected chi connectivity index (χ2v) is 12.3. The van der Waals surface area contributed by atoms with Crippen molar-refractivity contribution in [1.82, 2.24) is 14.4 Å². The van der Waals surface area contributed by atoms with Crippen LogP contribution in [0.2, 0.25) is 0 Å². The molecule has 0 bridgehead atoms. The van der Waals surface area contributed by atoms with E-state index in [1.165, 1.54) is 36.4 Å². The molecule has 0 saturated carbocycles. The Kier molecular flexibility index (Phi) is 7.54. The van der Waals surface area contributed by atoms with Crippen molar-refractivity contribution in [2.45, 2.75) is 55.2 Å². The number of ether oxygens (including phenoxy) is 1. The zero-order valence-electron chi connectivity index (χ0n) is 42.0. The molecule has 6 nitrogen and oxygen atoms in total. The molecule has 1 saturated heterocycles. The van der Waals surface area contributed by atoms with Crippen molar-refractivity contribution in [3.63, 3.8) is 0 Å². The van der Waals surface area contributed by atoms with Crippen LogP contribution in [0.1, 0.15) is 61.6 Å². The van der Waals surface area contributed by atoms with Crippen molar-refractivity contribution >= 4 is 28.6 Å². The zero-order chi connectivity index (χ0) is 50.3. The first kappa shape index (κ1) is 24.0. The van der Waals surface area contributed by atoms with E-state index in [1.54, 1.807) is 0 Å². The number of halogens is 5. The molecule has 0 radical (unpaired) electrons. The number of hydrogen-bond acceptors (Lipinski definition) is 5. The first-order chi connectivity index (χ1) is 30.6. The molecule has 0 aliphatic carbocycles. The Morgan fingerprint density at radius 1 is 1.02 bits per heavy atom. The Morgan fingerprint density at radius 2 is 1.68 bits per heavy atom. The number of aromatic nitrogens is 1. The summed E-state index contributed by atoms with van der Waals surface area (Å²) in [6, 6.07) is 10.4. The number of likely N-dealkylation sites (tertiary alicyclic amines) is 1. The highest BCUT2D eigenvalue weighted by Crippen LogP contribution is 2.34. The van der Waals surface area contributed by atoms with Crippen LogP contribution >= 0.6 is 11.8 Å². The van der Waals surface area contributed by atoms with E-state index >= 15 is 9.18 Å². The molecule has 4 aromatic carbocycles. The average Bonchev–Trinajstić information content (AvgIpc) is 3.21. The minimum Gasteiger partial charge on any atom is -0.383 e. The lowest BCUT2D eigenvalue weighted by Gasteiger charge is -2.42. The van der Waals surface area contributed by atoms with Gasteiger partial charge in [0.1, 0.15) is 6.54 Å². The summed E-state index contributed by atoms with van der Waals surface area (Å²) in [5.74, 6) is -4.66. The van der Waals surface area contributed by atoms with Gasteiger partial charge < -0.3 is 19.1 Å². The van der Waals surface area contributed by atoms with E-state index in [2.05, 4.69) is 0 Å². The van der Waals surface area contributed by atoms with E-state index in [0.29, 0.717) is 0 Å². The zero-order valence-corrected chi connectivity index (χ0v) is 28.8. The largest absolute Gasteiger partial charge is 0.416 e. The molecule has 2 heterocycles. The summed E-state index contributed by atoms with van der Waals surface area (Å²) in [5, 5.41) is -0.597. The Balaban J connectivity index is 1.60. The summed E-state index contributed by atoms with van der Waals surface area (Å²) < 4.78 is 203. The number of rotatable bonds is 12. The van der Waals surface area contributed by atoms with Crippen LogP contribution in [0.4, 0.5) is 22.0 Å². The number of hydrogen-bond donors (Lipinski definition) is 0. The number of alkyl halides is 3. The van der Waals surface area contributed by atoms with Gasteiger partial charge in [-0.3, -0.25) is 9.59 Å². The molecule has 1 aromatic heterocycles. The molecule has 0 spiro atoms. The van der Waals surface area contributed by atoms with Gasteiger partial charge in [-0.05, 0) is 66.7 Å². The lowest BCUT2D eigenvalue weighted by atomic mass is 9.96. The molecular weight excluding hydrogens is 710 g/mol. The molecule has 1 amide bonds. The maximum Gasteiger partial charge on any atom is 0.416 e. The van der Waals surface area contributed by atoms with Crippen molar-refractivity contribution in [3.05, 3.63) is 136 Å². The Bertz CT molecular complexity index is 2730. The quantitative estimate of drug-likeness (QED) is 0.0939. The third kappa shape index (κ3) is 8.83. The van der Waals surface area contributed by atoms with Crippen LogP contribution in [0.5, 0.6) is 0 Å². The van der Waals surface area contributed by atoms with Gasteiger partial charge in [-0.15, -0.1) is 11.8 Å². The van der Waals surface area contributed by atoms with Crippen LogP contribution in [0.15, 0.2) is 107 Å². The molecule has 1 fully saturated rings. The van der Waals surface area contributed by atoms with Crippen molar-refractivity contribution < 1.29 is 50.7 Å². The molecule has 1 aliphatic heterocycles. The predicted molar refractivity (Wildman–Crippen MR) is 198 cm³/mol. The maximum atomic E-state index is 15.4. The van der Waals surface area contributed by atoms with E-state index in [0.717, 1.165) is 79.3 Å². The number of benzene rings is 4. The second kappa shape index (κ2) is 16.7. The lowest BCUT2D eigenvalue weighted by molar-refractivity contribution is -0.138. The van der Waals surface area contributed by atoms with Crippen molar-refractivity contribution in [1.29, 1.82) is 0 Å². The number of pyridine rings is 1. The highest BCUT2D eigenvalue weighted by atomic mass is 32.2. The molecule has 0 N–H and O–H groups in total. The van der Waals surface area contributed by atoms with Crippen LogP contribution < -0.4 is 5.43 Å². The molecule has 6 rings (SSSR count). The van der Waals surface area contributed by atoms with Crippen LogP contribution in [0.3, 0.4) is 0 Å². The molecule has 1 atom stereocenters. The summed E-state index contributed by atoms with van der Waals surface area (Å²) in [6.07, 6.45) is -13.1. The third-order valence-electron chi connectivity index (χ3n) is 8.09.